The van der Waals surface area contributed by atoms with E-state index in [1.54, 1.807) is 0 Å². The van der Waals surface area contributed by atoms with E-state index >= 15 is 0 Å². The summed E-state index contributed by atoms with van der Waals surface area (Å²) in [6.07, 6.45) is 3.34. The maximum absolute atomic E-state index is 11.9. The van der Waals surface area contributed by atoms with Gasteiger partial charge in [0.25, 0.3) is 5.91 Å². The molecule has 1 saturated heterocycles. The first kappa shape index (κ1) is 12.5. The first-order chi connectivity index (χ1) is 8.66. The van der Waals surface area contributed by atoms with Crippen molar-refractivity contribution < 1.29 is 9.59 Å². The summed E-state index contributed by atoms with van der Waals surface area (Å²) in [6, 6.07) is 3.15. The van der Waals surface area contributed by atoms with Crippen LogP contribution in [-0.4, -0.2) is 35.9 Å². The molecule has 0 spiro atoms. The third kappa shape index (κ3) is 3.04. The Kier molecular flexibility index (Phi) is 3.88. The lowest BCUT2D eigenvalue weighted by molar-refractivity contribution is 0.0923. The first-order valence-electron chi connectivity index (χ1n) is 5.94. The average Bonchev–Trinajstić information content (AvgIpc) is 2.40. The molecule has 0 aromatic carbocycles. The third-order valence-electron chi connectivity index (χ3n) is 2.91. The Morgan fingerprint density at radius 3 is 2.83 bits per heavy atom. The van der Waals surface area contributed by atoms with Crippen LogP contribution in [-0.2, 0) is 0 Å². The lowest BCUT2D eigenvalue weighted by Gasteiger charge is -2.23. The highest BCUT2D eigenvalue weighted by atomic mass is 16.2. The second-order valence-electron chi connectivity index (χ2n) is 4.31. The molecule has 0 bridgehead atoms. The molecule has 18 heavy (non-hydrogen) atoms. The maximum Gasteiger partial charge on any atom is 0.270 e. The fraction of sp³-hybridized carbons (Fsp3) is 0.417. The number of hydrogen-bond acceptors (Lipinski definition) is 4. The van der Waals surface area contributed by atoms with E-state index in [1.807, 2.05) is 0 Å². The van der Waals surface area contributed by atoms with Crippen LogP contribution in [0.5, 0.6) is 0 Å². The van der Waals surface area contributed by atoms with E-state index in [0.717, 1.165) is 25.9 Å². The number of amides is 2. The van der Waals surface area contributed by atoms with E-state index in [-0.39, 0.29) is 11.9 Å². The van der Waals surface area contributed by atoms with E-state index in [4.69, 9.17) is 5.73 Å². The van der Waals surface area contributed by atoms with Crippen molar-refractivity contribution in [2.45, 2.75) is 18.9 Å². The number of nitrogens with one attached hydrogen (secondary N) is 2. The van der Waals surface area contributed by atoms with Crippen molar-refractivity contribution in [3.05, 3.63) is 29.6 Å². The van der Waals surface area contributed by atoms with Gasteiger partial charge in [-0.25, -0.2) is 0 Å². The molecule has 1 aliphatic heterocycles. The number of aromatic nitrogens is 1. The van der Waals surface area contributed by atoms with Crippen molar-refractivity contribution in [1.82, 2.24) is 15.6 Å². The molecule has 0 radical (unpaired) electrons. The van der Waals surface area contributed by atoms with Gasteiger partial charge < -0.3 is 16.4 Å². The topological polar surface area (TPSA) is 97.1 Å². The minimum atomic E-state index is -0.550. The van der Waals surface area contributed by atoms with Crippen LogP contribution in [0.2, 0.25) is 0 Å². The standard InChI is InChI=1S/C12H16N4O2/c13-11(17)8-3-4-10(15-6-8)12(18)16-9-2-1-5-14-7-9/h3-4,6,9,14H,1-2,5,7H2,(H2,13,17)(H,16,18)/t9-/m0/s1. The number of carbonyl (C=O) groups is 2. The predicted molar refractivity (Wildman–Crippen MR) is 66.1 cm³/mol. The molecule has 2 rings (SSSR count). The molecule has 96 valence electrons. The van der Waals surface area contributed by atoms with Gasteiger partial charge in [0.05, 0.1) is 5.56 Å². The Morgan fingerprint density at radius 1 is 1.44 bits per heavy atom. The first-order valence-corrected chi connectivity index (χ1v) is 5.94. The van der Waals surface area contributed by atoms with Crippen molar-refractivity contribution in [1.29, 1.82) is 0 Å². The number of nitrogens with two attached hydrogens (primary N) is 1. The van der Waals surface area contributed by atoms with Gasteiger partial charge in [0.2, 0.25) is 5.91 Å². The molecule has 1 atom stereocenters. The van der Waals surface area contributed by atoms with Gasteiger partial charge >= 0.3 is 0 Å². The molecule has 0 unspecified atom stereocenters. The van der Waals surface area contributed by atoms with Crippen LogP contribution in [0.1, 0.15) is 33.7 Å². The third-order valence-corrected chi connectivity index (χ3v) is 2.91. The van der Waals surface area contributed by atoms with Gasteiger partial charge in [-0.15, -0.1) is 0 Å². The number of primary amides is 1. The van der Waals surface area contributed by atoms with Crippen LogP contribution < -0.4 is 16.4 Å². The molecule has 2 amide bonds. The average molecular weight is 248 g/mol. The van der Waals surface area contributed by atoms with Gasteiger partial charge in [-0.2, -0.15) is 0 Å². The highest BCUT2D eigenvalue weighted by Gasteiger charge is 2.17. The van der Waals surface area contributed by atoms with E-state index in [0.29, 0.717) is 11.3 Å². The summed E-state index contributed by atoms with van der Waals surface area (Å²) in [4.78, 5) is 26.7. The van der Waals surface area contributed by atoms with Gasteiger partial charge in [-0.05, 0) is 31.5 Å². The molecular weight excluding hydrogens is 232 g/mol. The van der Waals surface area contributed by atoms with Crippen LogP contribution in [0.3, 0.4) is 0 Å². The molecule has 1 aromatic rings. The molecule has 1 aromatic heterocycles. The van der Waals surface area contributed by atoms with Crippen molar-refractivity contribution in [2.75, 3.05) is 13.1 Å². The zero-order chi connectivity index (χ0) is 13.0. The van der Waals surface area contributed by atoms with Crippen molar-refractivity contribution in [3.63, 3.8) is 0 Å². The van der Waals surface area contributed by atoms with Crippen molar-refractivity contribution in [2.24, 2.45) is 5.73 Å². The molecule has 1 aliphatic rings. The lowest BCUT2D eigenvalue weighted by atomic mass is 10.1. The summed E-state index contributed by atoms with van der Waals surface area (Å²) >= 11 is 0. The number of carbonyl (C=O) groups excluding carboxylic acids is 2. The quantitative estimate of drug-likeness (QED) is 0.682. The van der Waals surface area contributed by atoms with Crippen LogP contribution in [0, 0.1) is 0 Å². The Hall–Kier alpha value is -1.95. The number of pyridine rings is 1. The Labute approximate surface area is 105 Å². The van der Waals surface area contributed by atoms with Gasteiger partial charge in [0.15, 0.2) is 0 Å². The molecule has 2 heterocycles. The normalized spacial score (nSPS) is 19.2. The molecule has 0 aliphatic carbocycles. The van der Waals surface area contributed by atoms with E-state index < -0.39 is 5.91 Å². The van der Waals surface area contributed by atoms with Gasteiger partial charge in [0, 0.05) is 18.8 Å². The van der Waals surface area contributed by atoms with E-state index in [1.165, 1.54) is 18.3 Å². The minimum Gasteiger partial charge on any atom is -0.366 e. The summed E-state index contributed by atoms with van der Waals surface area (Å²) < 4.78 is 0. The van der Waals surface area contributed by atoms with Gasteiger partial charge in [-0.1, -0.05) is 0 Å². The molecule has 6 nitrogen and oxygen atoms in total. The summed E-state index contributed by atoms with van der Waals surface area (Å²) in [6.45, 7) is 1.78. The Balaban J connectivity index is 1.97. The lowest BCUT2D eigenvalue weighted by Crippen LogP contribution is -2.45. The second-order valence-corrected chi connectivity index (χ2v) is 4.31. The second kappa shape index (κ2) is 5.59. The highest BCUT2D eigenvalue weighted by Crippen LogP contribution is 2.04. The summed E-state index contributed by atoms with van der Waals surface area (Å²) in [7, 11) is 0. The number of piperidine rings is 1. The largest absolute Gasteiger partial charge is 0.366 e. The maximum atomic E-state index is 11.9. The monoisotopic (exact) mass is 248 g/mol. The number of nitrogens with zero attached hydrogens (tertiary/aromatic N) is 1. The summed E-state index contributed by atoms with van der Waals surface area (Å²) in [5, 5.41) is 6.12. The fourth-order valence-corrected chi connectivity index (χ4v) is 1.91. The minimum absolute atomic E-state index is 0.142. The zero-order valence-corrected chi connectivity index (χ0v) is 9.98. The molecule has 6 heteroatoms. The molecule has 4 N–H and O–H groups in total. The zero-order valence-electron chi connectivity index (χ0n) is 9.98. The van der Waals surface area contributed by atoms with Crippen LogP contribution in [0.15, 0.2) is 18.3 Å². The van der Waals surface area contributed by atoms with Crippen molar-refractivity contribution in [3.8, 4) is 0 Å². The Morgan fingerprint density at radius 2 is 2.28 bits per heavy atom. The predicted octanol–water partition coefficient (Wildman–Crippen LogP) is -0.338. The molecule has 1 fully saturated rings. The molecule has 0 saturated carbocycles. The number of hydrogen-bond donors (Lipinski definition) is 3. The number of rotatable bonds is 3. The Bertz CT molecular complexity index is 438. The molecular formula is C12H16N4O2. The van der Waals surface area contributed by atoms with Crippen molar-refractivity contribution >= 4 is 11.8 Å². The van der Waals surface area contributed by atoms with Crippen LogP contribution in [0.25, 0.3) is 0 Å². The summed E-state index contributed by atoms with van der Waals surface area (Å²) in [5.74, 6) is -0.773. The highest BCUT2D eigenvalue weighted by molar-refractivity contribution is 5.95. The van der Waals surface area contributed by atoms with E-state index in [2.05, 4.69) is 15.6 Å². The smallest absolute Gasteiger partial charge is 0.270 e. The fourth-order valence-electron chi connectivity index (χ4n) is 1.91. The SMILES string of the molecule is NC(=O)c1ccc(C(=O)N[C@H]2CCCNC2)nc1. The van der Waals surface area contributed by atoms with E-state index in [9.17, 15) is 9.59 Å². The van der Waals surface area contributed by atoms with Crippen LogP contribution >= 0.6 is 0 Å². The van der Waals surface area contributed by atoms with Crippen LogP contribution in [0.4, 0.5) is 0 Å². The van der Waals surface area contributed by atoms with Gasteiger partial charge in [-0.3, -0.25) is 14.6 Å². The van der Waals surface area contributed by atoms with Gasteiger partial charge in [0.1, 0.15) is 5.69 Å². The summed E-state index contributed by atoms with van der Waals surface area (Å²) in [5.41, 5.74) is 5.70.